The number of halogens is 2. The smallest absolute Gasteiger partial charge is 0.272 e. The molecule has 0 fully saturated rings. The van der Waals surface area contributed by atoms with Gasteiger partial charge in [0.2, 0.25) is 5.75 Å². The summed E-state index contributed by atoms with van der Waals surface area (Å²) in [5.74, 6) is 1.57. The highest BCUT2D eigenvalue weighted by Crippen LogP contribution is 2.38. The van der Waals surface area contributed by atoms with E-state index in [1.54, 1.807) is 12.1 Å². The van der Waals surface area contributed by atoms with Crippen LogP contribution >= 0.6 is 11.3 Å². The van der Waals surface area contributed by atoms with Gasteiger partial charge < -0.3 is 18.8 Å². The minimum Gasteiger partial charge on any atom is -0.493 e. The molecular formula is C22H18F2N2O4S. The highest BCUT2D eigenvalue weighted by Gasteiger charge is 2.14. The van der Waals surface area contributed by atoms with Crippen molar-refractivity contribution >= 4 is 33.5 Å². The van der Waals surface area contributed by atoms with E-state index in [1.165, 1.54) is 44.1 Å². The third kappa shape index (κ3) is 4.59. The minimum atomic E-state index is -0.775. The third-order valence-corrected chi connectivity index (χ3v) is 5.28. The van der Waals surface area contributed by atoms with E-state index in [-0.39, 0.29) is 16.9 Å². The number of nitrogens with zero attached hydrogens (tertiary/aromatic N) is 2. The van der Waals surface area contributed by atoms with E-state index in [2.05, 4.69) is 10.9 Å². The number of carbonyl (C=O) groups is 1. The average Bonchev–Trinajstić information content (AvgIpc) is 3.08. The monoisotopic (exact) mass is 444 g/mol. The molecule has 0 aliphatic heterocycles. The number of carbonyl (C=O) groups excluding carboxylic acids is 1. The predicted molar refractivity (Wildman–Crippen MR) is 114 cm³/mol. The van der Waals surface area contributed by atoms with E-state index in [1.807, 2.05) is 0 Å². The Morgan fingerprint density at radius 3 is 2.42 bits per heavy atom. The van der Waals surface area contributed by atoms with E-state index < -0.39 is 17.5 Å². The average molecular weight is 444 g/mol. The fraction of sp³-hybridized carbons (Fsp3) is 0.182. The molecular weight excluding hydrogens is 426 g/mol. The first-order chi connectivity index (χ1) is 14.9. The van der Waals surface area contributed by atoms with Crippen molar-refractivity contribution in [3.8, 4) is 29.6 Å². The van der Waals surface area contributed by atoms with Crippen molar-refractivity contribution in [2.24, 2.45) is 4.99 Å². The summed E-state index contributed by atoms with van der Waals surface area (Å²) in [4.78, 5) is 16.6. The van der Waals surface area contributed by atoms with E-state index in [0.29, 0.717) is 27.5 Å². The number of thiazole rings is 1. The summed E-state index contributed by atoms with van der Waals surface area (Å²) >= 11 is 0.969. The molecule has 0 saturated heterocycles. The number of hydrogen-bond acceptors (Lipinski definition) is 5. The van der Waals surface area contributed by atoms with Gasteiger partial charge in [0.15, 0.2) is 22.1 Å². The third-order valence-electron chi connectivity index (χ3n) is 4.26. The maximum atomic E-state index is 14.3. The van der Waals surface area contributed by atoms with E-state index >= 15 is 0 Å². The van der Waals surface area contributed by atoms with Crippen LogP contribution in [0.15, 0.2) is 35.3 Å². The second-order valence-electron chi connectivity index (χ2n) is 6.15. The van der Waals surface area contributed by atoms with Crippen molar-refractivity contribution in [3.05, 3.63) is 52.3 Å². The highest BCUT2D eigenvalue weighted by atomic mass is 32.1. The van der Waals surface area contributed by atoms with E-state index in [9.17, 15) is 13.6 Å². The van der Waals surface area contributed by atoms with E-state index in [4.69, 9.17) is 20.6 Å². The number of ether oxygens (including phenoxy) is 3. The normalized spacial score (nSPS) is 11.7. The van der Waals surface area contributed by atoms with Gasteiger partial charge in [-0.05, 0) is 29.8 Å². The fourth-order valence-electron chi connectivity index (χ4n) is 2.95. The molecule has 31 heavy (non-hydrogen) atoms. The van der Waals surface area contributed by atoms with Gasteiger partial charge in [0, 0.05) is 12.1 Å². The summed E-state index contributed by atoms with van der Waals surface area (Å²) in [5.41, 5.74) is 0.712. The molecule has 3 aromatic rings. The number of terminal acetylenes is 1. The van der Waals surface area contributed by atoms with Crippen LogP contribution in [-0.2, 0) is 11.3 Å². The van der Waals surface area contributed by atoms with E-state index in [0.717, 1.165) is 17.4 Å². The second kappa shape index (κ2) is 9.45. The molecule has 0 atom stereocenters. The Morgan fingerprint density at radius 2 is 1.84 bits per heavy atom. The lowest BCUT2D eigenvalue weighted by atomic mass is 10.1. The van der Waals surface area contributed by atoms with Crippen molar-refractivity contribution in [1.82, 2.24) is 4.57 Å². The number of fused-ring (bicyclic) bond motifs is 1. The Kier molecular flexibility index (Phi) is 6.72. The van der Waals surface area contributed by atoms with Gasteiger partial charge in [-0.2, -0.15) is 4.99 Å². The van der Waals surface area contributed by atoms with Crippen LogP contribution in [0, 0.1) is 24.0 Å². The predicted octanol–water partition coefficient (Wildman–Crippen LogP) is 3.78. The fourth-order valence-corrected chi connectivity index (χ4v) is 4.02. The van der Waals surface area contributed by atoms with Crippen molar-refractivity contribution in [2.45, 2.75) is 6.54 Å². The highest BCUT2D eigenvalue weighted by molar-refractivity contribution is 7.16. The van der Waals surface area contributed by atoms with Crippen LogP contribution in [0.3, 0.4) is 0 Å². The summed E-state index contributed by atoms with van der Waals surface area (Å²) in [6, 6.07) is 5.27. The lowest BCUT2D eigenvalue weighted by Crippen LogP contribution is -2.16. The lowest BCUT2D eigenvalue weighted by Gasteiger charge is -2.12. The van der Waals surface area contributed by atoms with Crippen molar-refractivity contribution in [3.63, 3.8) is 0 Å². The minimum absolute atomic E-state index is 0.0226. The Bertz CT molecular complexity index is 1260. The zero-order chi connectivity index (χ0) is 22.5. The molecule has 1 aromatic heterocycles. The zero-order valence-electron chi connectivity index (χ0n) is 16.9. The van der Waals surface area contributed by atoms with Crippen molar-refractivity contribution < 1.29 is 27.8 Å². The Morgan fingerprint density at radius 1 is 1.16 bits per heavy atom. The maximum absolute atomic E-state index is 14.3. The summed E-state index contributed by atoms with van der Waals surface area (Å²) in [6.45, 7) is -0.0226. The van der Waals surface area contributed by atoms with Gasteiger partial charge in [0.1, 0.15) is 5.82 Å². The summed E-state index contributed by atoms with van der Waals surface area (Å²) in [5, 5.41) is 0. The van der Waals surface area contributed by atoms with Gasteiger partial charge >= 0.3 is 0 Å². The Labute approximate surface area is 181 Å². The quantitative estimate of drug-likeness (QED) is 0.429. The zero-order valence-corrected chi connectivity index (χ0v) is 17.8. The molecule has 1 amide bonds. The molecule has 160 valence electrons. The number of benzene rings is 2. The molecule has 2 aromatic carbocycles. The first-order valence-electron chi connectivity index (χ1n) is 8.90. The maximum Gasteiger partial charge on any atom is 0.272 e. The SMILES string of the molecule is C#CCn1c(=NC(=O)C=Cc2cc(OC)c(OC)c(OC)c2)sc2cc(F)cc(F)c21. The molecule has 0 unspecified atom stereocenters. The number of methoxy groups -OCH3 is 3. The molecule has 6 nitrogen and oxygen atoms in total. The molecule has 0 aliphatic carbocycles. The molecule has 0 aliphatic rings. The van der Waals surface area contributed by atoms with Crippen LogP contribution in [0.25, 0.3) is 16.3 Å². The molecule has 0 bridgehead atoms. The summed E-state index contributed by atoms with van der Waals surface area (Å²) < 4.78 is 45.3. The first-order valence-corrected chi connectivity index (χ1v) is 9.72. The Balaban J connectivity index is 2.01. The molecule has 3 rings (SSSR count). The second-order valence-corrected chi connectivity index (χ2v) is 7.16. The first kappa shape index (κ1) is 22.1. The number of aromatic nitrogens is 1. The van der Waals surface area contributed by atoms with Crippen LogP contribution in [-0.4, -0.2) is 31.8 Å². The number of rotatable bonds is 6. The van der Waals surface area contributed by atoms with Gasteiger partial charge in [-0.1, -0.05) is 17.3 Å². The van der Waals surface area contributed by atoms with Gasteiger partial charge in [-0.15, -0.1) is 6.42 Å². The topological polar surface area (TPSA) is 62.1 Å². The standard InChI is InChI=1S/C22H18F2N2O4S/c1-5-8-26-20-15(24)11-14(23)12-18(20)31-22(26)25-19(27)7-6-13-9-16(28-2)21(30-4)17(10-13)29-3/h1,6-7,9-12H,8H2,2-4H3. The van der Waals surface area contributed by atoms with Crippen LogP contribution < -0.4 is 19.0 Å². The molecule has 0 spiro atoms. The number of amides is 1. The summed E-state index contributed by atoms with van der Waals surface area (Å²) in [7, 11) is 4.46. The molecule has 0 saturated carbocycles. The molecule has 9 heteroatoms. The summed E-state index contributed by atoms with van der Waals surface area (Å²) in [6.07, 6.45) is 8.13. The van der Waals surface area contributed by atoms with Crippen LogP contribution in [0.4, 0.5) is 8.78 Å². The van der Waals surface area contributed by atoms with Crippen molar-refractivity contribution in [2.75, 3.05) is 21.3 Å². The number of hydrogen-bond donors (Lipinski definition) is 0. The van der Waals surface area contributed by atoms with Gasteiger partial charge in [0.25, 0.3) is 5.91 Å². The lowest BCUT2D eigenvalue weighted by molar-refractivity contribution is -0.113. The molecule has 0 N–H and O–H groups in total. The van der Waals surface area contributed by atoms with Crippen molar-refractivity contribution in [1.29, 1.82) is 0 Å². The van der Waals surface area contributed by atoms with Crippen LogP contribution in [0.5, 0.6) is 17.2 Å². The largest absolute Gasteiger partial charge is 0.493 e. The molecule has 0 radical (unpaired) electrons. The molecule has 1 heterocycles. The van der Waals surface area contributed by atoms with Gasteiger partial charge in [0.05, 0.1) is 38.1 Å². The van der Waals surface area contributed by atoms with Crippen LogP contribution in [0.2, 0.25) is 0 Å². The Hall–Kier alpha value is -3.64. The van der Waals surface area contributed by atoms with Gasteiger partial charge in [-0.25, -0.2) is 8.78 Å². The van der Waals surface area contributed by atoms with Crippen LogP contribution in [0.1, 0.15) is 5.56 Å². The van der Waals surface area contributed by atoms with Gasteiger partial charge in [-0.3, -0.25) is 4.79 Å².